The molecular formula is C17H29NS2. The van der Waals surface area contributed by atoms with Crippen molar-refractivity contribution in [1.82, 2.24) is 4.90 Å². The van der Waals surface area contributed by atoms with Crippen LogP contribution in [0.2, 0.25) is 0 Å². The molecule has 2 rings (SSSR count). The average molecular weight is 312 g/mol. The molecule has 0 spiro atoms. The maximum Gasteiger partial charge on any atom is 0.0331 e. The molecule has 1 nitrogen and oxygen atoms in total. The minimum Gasteiger partial charge on any atom is -0.296 e. The lowest BCUT2D eigenvalue weighted by molar-refractivity contribution is 0.196. The number of rotatable bonds is 9. The molecule has 0 aromatic carbocycles. The number of thiol groups is 1. The van der Waals surface area contributed by atoms with Gasteiger partial charge in [0.05, 0.1) is 0 Å². The molecule has 0 bridgehead atoms. The molecular weight excluding hydrogens is 282 g/mol. The first-order chi connectivity index (χ1) is 9.83. The highest BCUT2D eigenvalue weighted by Crippen LogP contribution is 2.32. The van der Waals surface area contributed by atoms with Gasteiger partial charge in [-0.05, 0) is 55.5 Å². The van der Waals surface area contributed by atoms with Crippen molar-refractivity contribution in [2.24, 2.45) is 0 Å². The number of thiophene rings is 1. The van der Waals surface area contributed by atoms with Crippen molar-refractivity contribution in [3.8, 4) is 0 Å². The van der Waals surface area contributed by atoms with Gasteiger partial charge < -0.3 is 0 Å². The van der Waals surface area contributed by atoms with Crippen LogP contribution in [0.3, 0.4) is 0 Å². The first kappa shape index (κ1) is 16.4. The Balaban J connectivity index is 1.57. The van der Waals surface area contributed by atoms with Gasteiger partial charge in [-0.1, -0.05) is 32.1 Å². The van der Waals surface area contributed by atoms with E-state index in [1.165, 1.54) is 64.5 Å². The summed E-state index contributed by atoms with van der Waals surface area (Å²) in [6.07, 6.45) is 10.9. The molecule has 0 amide bonds. The minimum atomic E-state index is 0.639. The van der Waals surface area contributed by atoms with E-state index in [4.69, 9.17) is 0 Å². The van der Waals surface area contributed by atoms with E-state index in [-0.39, 0.29) is 0 Å². The smallest absolute Gasteiger partial charge is 0.0331 e. The zero-order chi connectivity index (χ0) is 14.2. The average Bonchev–Trinajstić information content (AvgIpc) is 2.93. The topological polar surface area (TPSA) is 3.24 Å². The summed E-state index contributed by atoms with van der Waals surface area (Å²) in [7, 11) is 0. The molecule has 1 aromatic heterocycles. The van der Waals surface area contributed by atoms with Crippen LogP contribution in [-0.2, 0) is 6.42 Å². The fraction of sp³-hybridized carbons (Fsp3) is 0.765. The SMILES string of the molecule is CC1c2ccsc2CCN1CCCCCCCCCS. The van der Waals surface area contributed by atoms with Crippen LogP contribution in [-0.4, -0.2) is 23.7 Å². The predicted molar refractivity (Wildman–Crippen MR) is 94.2 cm³/mol. The summed E-state index contributed by atoms with van der Waals surface area (Å²) in [5.41, 5.74) is 1.59. The fourth-order valence-corrected chi connectivity index (χ4v) is 4.36. The maximum atomic E-state index is 4.26. The summed E-state index contributed by atoms with van der Waals surface area (Å²) in [5, 5.41) is 2.26. The van der Waals surface area contributed by atoms with Gasteiger partial charge in [0.25, 0.3) is 0 Å². The van der Waals surface area contributed by atoms with Crippen LogP contribution in [0.25, 0.3) is 0 Å². The first-order valence-electron chi connectivity index (χ1n) is 8.24. The van der Waals surface area contributed by atoms with Gasteiger partial charge in [-0.2, -0.15) is 12.6 Å². The van der Waals surface area contributed by atoms with Crippen molar-refractivity contribution in [2.45, 2.75) is 64.3 Å². The van der Waals surface area contributed by atoms with Crippen LogP contribution in [0, 0.1) is 0 Å². The molecule has 20 heavy (non-hydrogen) atoms. The Morgan fingerprint density at radius 3 is 2.60 bits per heavy atom. The van der Waals surface area contributed by atoms with Gasteiger partial charge >= 0.3 is 0 Å². The summed E-state index contributed by atoms with van der Waals surface area (Å²) in [4.78, 5) is 4.30. The van der Waals surface area contributed by atoms with Crippen LogP contribution < -0.4 is 0 Å². The monoisotopic (exact) mass is 311 g/mol. The van der Waals surface area contributed by atoms with E-state index in [0.717, 1.165) is 5.75 Å². The van der Waals surface area contributed by atoms with Crippen molar-refractivity contribution in [3.05, 3.63) is 21.9 Å². The van der Waals surface area contributed by atoms with Crippen LogP contribution in [0.15, 0.2) is 11.4 Å². The van der Waals surface area contributed by atoms with Crippen molar-refractivity contribution in [2.75, 3.05) is 18.8 Å². The third kappa shape index (κ3) is 4.78. The summed E-state index contributed by atoms with van der Waals surface area (Å²) in [6.45, 7) is 4.92. The lowest BCUT2D eigenvalue weighted by Crippen LogP contribution is -2.33. The van der Waals surface area contributed by atoms with Crippen LogP contribution in [0.4, 0.5) is 0 Å². The molecule has 0 saturated heterocycles. The maximum absolute atomic E-state index is 4.26. The Labute approximate surface area is 134 Å². The predicted octanol–water partition coefficient (Wildman–Crippen LogP) is 5.33. The second-order valence-corrected chi connectivity index (χ2v) is 7.41. The number of unbranched alkanes of at least 4 members (excludes halogenated alkanes) is 6. The van der Waals surface area contributed by atoms with Crippen molar-refractivity contribution in [3.63, 3.8) is 0 Å². The summed E-state index contributed by atoms with van der Waals surface area (Å²) in [6, 6.07) is 2.97. The largest absolute Gasteiger partial charge is 0.296 e. The van der Waals surface area contributed by atoms with Crippen LogP contribution in [0.5, 0.6) is 0 Å². The van der Waals surface area contributed by atoms with Gasteiger partial charge in [-0.15, -0.1) is 11.3 Å². The Morgan fingerprint density at radius 2 is 1.85 bits per heavy atom. The van der Waals surface area contributed by atoms with Crippen LogP contribution >= 0.6 is 24.0 Å². The van der Waals surface area contributed by atoms with Gasteiger partial charge in [-0.25, -0.2) is 0 Å². The van der Waals surface area contributed by atoms with Crippen molar-refractivity contribution < 1.29 is 0 Å². The van der Waals surface area contributed by atoms with Gasteiger partial charge in [-0.3, -0.25) is 4.90 Å². The van der Waals surface area contributed by atoms with E-state index in [9.17, 15) is 0 Å². The fourth-order valence-electron chi connectivity index (χ4n) is 3.18. The summed E-state index contributed by atoms with van der Waals surface area (Å²) in [5.74, 6) is 1.05. The highest BCUT2D eigenvalue weighted by atomic mass is 32.1. The van der Waals surface area contributed by atoms with Crippen molar-refractivity contribution >= 4 is 24.0 Å². The van der Waals surface area contributed by atoms with Gasteiger partial charge in [0.1, 0.15) is 0 Å². The molecule has 0 fully saturated rings. The number of hydrogen-bond acceptors (Lipinski definition) is 3. The third-order valence-electron chi connectivity index (χ3n) is 4.51. The Hall–Kier alpha value is 0.01000. The molecule has 2 heterocycles. The van der Waals surface area contributed by atoms with E-state index in [0.29, 0.717) is 6.04 Å². The highest BCUT2D eigenvalue weighted by molar-refractivity contribution is 7.80. The quantitative estimate of drug-likeness (QED) is 0.476. The van der Waals surface area contributed by atoms with Crippen LogP contribution in [0.1, 0.15) is 68.4 Å². The molecule has 0 saturated carbocycles. The van der Waals surface area contributed by atoms with E-state index in [1.54, 1.807) is 10.4 Å². The molecule has 0 radical (unpaired) electrons. The second-order valence-electron chi connectivity index (χ2n) is 5.96. The van der Waals surface area contributed by atoms with Gasteiger partial charge in [0, 0.05) is 17.5 Å². The standard InChI is InChI=1S/C17H29NS2/c1-15-16-10-14-20-17(16)9-12-18(15)11-7-5-3-2-4-6-8-13-19/h10,14-15,19H,2-9,11-13H2,1H3. The van der Waals surface area contributed by atoms with Gasteiger partial charge in [0.15, 0.2) is 0 Å². The third-order valence-corrected chi connectivity index (χ3v) is 5.82. The molecule has 0 aliphatic carbocycles. The summed E-state index contributed by atoms with van der Waals surface area (Å²) < 4.78 is 0. The van der Waals surface area contributed by atoms with Crippen molar-refractivity contribution in [1.29, 1.82) is 0 Å². The summed E-state index contributed by atoms with van der Waals surface area (Å²) >= 11 is 6.20. The number of fused-ring (bicyclic) bond motifs is 1. The Kier molecular flexibility index (Phi) is 7.47. The molecule has 0 N–H and O–H groups in total. The number of hydrogen-bond donors (Lipinski definition) is 1. The number of nitrogens with zero attached hydrogens (tertiary/aromatic N) is 1. The molecule has 3 heteroatoms. The molecule has 1 aliphatic rings. The molecule has 1 aliphatic heterocycles. The zero-order valence-electron chi connectivity index (χ0n) is 12.8. The zero-order valence-corrected chi connectivity index (χ0v) is 14.5. The Morgan fingerprint density at radius 1 is 1.15 bits per heavy atom. The molecule has 1 aromatic rings. The molecule has 1 unspecified atom stereocenters. The Bertz CT molecular complexity index is 375. The highest BCUT2D eigenvalue weighted by Gasteiger charge is 2.23. The first-order valence-corrected chi connectivity index (χ1v) is 9.75. The van der Waals surface area contributed by atoms with Gasteiger partial charge in [0.2, 0.25) is 0 Å². The lowest BCUT2D eigenvalue weighted by atomic mass is 10.0. The lowest BCUT2D eigenvalue weighted by Gasteiger charge is -2.33. The molecule has 114 valence electrons. The van der Waals surface area contributed by atoms with E-state index in [1.807, 2.05) is 11.3 Å². The van der Waals surface area contributed by atoms with E-state index in [2.05, 4.69) is 35.9 Å². The van der Waals surface area contributed by atoms with E-state index < -0.39 is 0 Å². The second kappa shape index (κ2) is 9.11. The normalized spacial score (nSPS) is 19.2. The van der Waals surface area contributed by atoms with E-state index >= 15 is 0 Å². The molecule has 1 atom stereocenters. The minimum absolute atomic E-state index is 0.639.